The summed E-state index contributed by atoms with van der Waals surface area (Å²) in [6.45, 7) is 6.53. The number of hydroxylamine groups is 2. The molecule has 0 aliphatic carbocycles. The molecule has 4 rings (SSSR count). The second-order valence-electron chi connectivity index (χ2n) is 8.52. The highest BCUT2D eigenvalue weighted by Gasteiger charge is 2.30. The molecule has 1 atom stereocenters. The molecule has 9 nitrogen and oxygen atoms in total. The number of benzene rings is 1. The summed E-state index contributed by atoms with van der Waals surface area (Å²) in [6, 6.07) is 7.84. The maximum atomic E-state index is 12.0. The third-order valence-electron chi connectivity index (χ3n) is 5.15. The summed E-state index contributed by atoms with van der Waals surface area (Å²) in [4.78, 5) is 26.1. The van der Waals surface area contributed by atoms with Crippen molar-refractivity contribution in [3.63, 3.8) is 0 Å². The van der Waals surface area contributed by atoms with E-state index < -0.39 is 11.8 Å². The number of nitrogens with zero attached hydrogens (tertiary/aromatic N) is 4. The molecule has 1 fully saturated rings. The second-order valence-corrected chi connectivity index (χ2v) is 8.52. The van der Waals surface area contributed by atoms with Gasteiger partial charge in [-0.3, -0.25) is 0 Å². The van der Waals surface area contributed by atoms with E-state index in [-0.39, 0.29) is 6.04 Å². The Morgan fingerprint density at radius 1 is 1.19 bits per heavy atom. The predicted octanol–water partition coefficient (Wildman–Crippen LogP) is 3.80. The van der Waals surface area contributed by atoms with Crippen LogP contribution in [0, 0.1) is 0 Å². The Balaban J connectivity index is 1.61. The number of ether oxygens (including phenoxy) is 2. The molecule has 1 saturated heterocycles. The molecule has 2 aromatic heterocycles. The fraction of sp³-hybridized carbons (Fsp3) is 0.409. The lowest BCUT2D eigenvalue weighted by Gasteiger charge is -2.21. The number of aromatic nitrogens is 3. The smallest absolute Gasteiger partial charge is 0.497 e. The molecule has 0 saturated carbocycles. The van der Waals surface area contributed by atoms with E-state index in [1.807, 2.05) is 30.5 Å². The molecule has 1 aliphatic heterocycles. The summed E-state index contributed by atoms with van der Waals surface area (Å²) >= 11 is 0. The Morgan fingerprint density at radius 2 is 1.94 bits per heavy atom. The molecule has 0 bridgehead atoms. The number of carbonyl (C=O) groups is 1. The van der Waals surface area contributed by atoms with E-state index >= 15 is 0 Å². The van der Waals surface area contributed by atoms with E-state index in [4.69, 9.17) is 20.0 Å². The third-order valence-corrected chi connectivity index (χ3v) is 5.15. The minimum absolute atomic E-state index is 0.0613. The fourth-order valence-electron chi connectivity index (χ4n) is 3.77. The quantitative estimate of drug-likeness (QED) is 0.629. The van der Waals surface area contributed by atoms with Crippen LogP contribution in [-0.2, 0) is 9.57 Å². The highest BCUT2D eigenvalue weighted by atomic mass is 16.8. The van der Waals surface area contributed by atoms with Crippen molar-refractivity contribution < 1.29 is 19.1 Å². The zero-order chi connectivity index (χ0) is 22.2. The number of hydrogen-bond donors (Lipinski definition) is 1. The van der Waals surface area contributed by atoms with Gasteiger partial charge in [0.15, 0.2) is 0 Å². The van der Waals surface area contributed by atoms with E-state index in [0.29, 0.717) is 18.9 Å². The normalized spacial score (nSPS) is 17.1. The van der Waals surface area contributed by atoms with Crippen LogP contribution in [0.25, 0.3) is 22.2 Å². The molecule has 0 amide bonds. The van der Waals surface area contributed by atoms with Gasteiger partial charge in [0.1, 0.15) is 29.1 Å². The Kier molecular flexibility index (Phi) is 5.45. The van der Waals surface area contributed by atoms with Crippen molar-refractivity contribution in [2.24, 2.45) is 0 Å². The molecular weight excluding hydrogens is 398 g/mol. The summed E-state index contributed by atoms with van der Waals surface area (Å²) in [6.07, 6.45) is 3.60. The van der Waals surface area contributed by atoms with Gasteiger partial charge in [0.25, 0.3) is 0 Å². The van der Waals surface area contributed by atoms with Crippen LogP contribution >= 0.6 is 0 Å². The first-order valence-electron chi connectivity index (χ1n) is 10.2. The Labute approximate surface area is 180 Å². The van der Waals surface area contributed by atoms with Crippen molar-refractivity contribution in [2.45, 2.75) is 38.8 Å². The average Bonchev–Trinajstić information content (AvgIpc) is 3.32. The molecular formula is C22H27N5O4. The minimum Gasteiger partial charge on any atom is -0.497 e. The fourth-order valence-corrected chi connectivity index (χ4v) is 3.77. The summed E-state index contributed by atoms with van der Waals surface area (Å²) in [5.74, 6) is 1.21. The monoisotopic (exact) mass is 425 g/mol. The van der Waals surface area contributed by atoms with Crippen molar-refractivity contribution in [3.05, 3.63) is 36.8 Å². The standard InChI is InChI=1S/C22H27N5O4/c1-22(2,3)30-21(28)31-26-10-9-15(11-26)27-12-17(14-5-7-16(29-4)8-6-14)18-19(23)24-13-25-20(18)27/h5-8,12-13,15H,9-11H2,1-4H3,(H2,23,24,25). The number of nitrogen functional groups attached to an aromatic ring is 1. The van der Waals surface area contributed by atoms with Gasteiger partial charge >= 0.3 is 6.16 Å². The van der Waals surface area contributed by atoms with Crippen LogP contribution in [0.1, 0.15) is 33.2 Å². The maximum Gasteiger partial charge on any atom is 0.528 e. The molecule has 1 unspecified atom stereocenters. The topological polar surface area (TPSA) is 105 Å². The molecule has 164 valence electrons. The van der Waals surface area contributed by atoms with E-state index in [9.17, 15) is 4.79 Å². The maximum absolute atomic E-state index is 12.0. The SMILES string of the molecule is COc1ccc(-c2cn(C3CCN(OC(=O)OC(C)(C)C)C3)c3ncnc(N)c23)cc1. The van der Waals surface area contributed by atoms with Crippen molar-refractivity contribution in [1.82, 2.24) is 19.6 Å². The van der Waals surface area contributed by atoms with E-state index in [1.165, 1.54) is 6.33 Å². The molecule has 2 N–H and O–H groups in total. The van der Waals surface area contributed by atoms with Crippen LogP contribution in [-0.4, -0.2) is 51.6 Å². The lowest BCUT2D eigenvalue weighted by molar-refractivity contribution is -0.131. The minimum atomic E-state index is -0.698. The van der Waals surface area contributed by atoms with Gasteiger partial charge in [0, 0.05) is 18.3 Å². The molecule has 0 spiro atoms. The second kappa shape index (κ2) is 8.07. The number of fused-ring (bicyclic) bond motifs is 1. The number of carbonyl (C=O) groups excluding carboxylic acids is 1. The molecule has 0 radical (unpaired) electrons. The number of anilines is 1. The predicted molar refractivity (Wildman–Crippen MR) is 116 cm³/mol. The molecule has 3 heterocycles. The van der Waals surface area contributed by atoms with Crippen LogP contribution in [0.4, 0.5) is 10.6 Å². The highest BCUT2D eigenvalue weighted by Crippen LogP contribution is 2.36. The highest BCUT2D eigenvalue weighted by molar-refractivity contribution is 6.00. The summed E-state index contributed by atoms with van der Waals surface area (Å²) in [5, 5.41) is 2.43. The van der Waals surface area contributed by atoms with Crippen molar-refractivity contribution >= 4 is 23.0 Å². The molecule has 31 heavy (non-hydrogen) atoms. The van der Waals surface area contributed by atoms with Crippen molar-refractivity contribution in [2.75, 3.05) is 25.9 Å². The lowest BCUT2D eigenvalue weighted by atomic mass is 10.1. The van der Waals surface area contributed by atoms with Gasteiger partial charge in [-0.2, -0.15) is 0 Å². The van der Waals surface area contributed by atoms with Crippen molar-refractivity contribution in [3.8, 4) is 16.9 Å². The van der Waals surface area contributed by atoms with E-state index in [2.05, 4.69) is 14.5 Å². The van der Waals surface area contributed by atoms with Gasteiger partial charge in [-0.15, -0.1) is 5.06 Å². The van der Waals surface area contributed by atoms with Gasteiger partial charge in [-0.25, -0.2) is 14.8 Å². The average molecular weight is 425 g/mol. The molecule has 9 heteroatoms. The van der Waals surface area contributed by atoms with E-state index in [0.717, 1.165) is 34.3 Å². The largest absolute Gasteiger partial charge is 0.528 e. The number of nitrogens with two attached hydrogens (primary N) is 1. The van der Waals surface area contributed by atoms with Crippen LogP contribution in [0.2, 0.25) is 0 Å². The number of methoxy groups -OCH3 is 1. The van der Waals surface area contributed by atoms with Crippen molar-refractivity contribution in [1.29, 1.82) is 0 Å². The van der Waals surface area contributed by atoms with Crippen LogP contribution in [0.3, 0.4) is 0 Å². The summed E-state index contributed by atoms with van der Waals surface area (Å²) in [7, 11) is 1.64. The van der Waals surface area contributed by atoms with Gasteiger partial charge in [0.05, 0.1) is 25.1 Å². The Morgan fingerprint density at radius 3 is 2.61 bits per heavy atom. The first-order valence-corrected chi connectivity index (χ1v) is 10.2. The Hall–Kier alpha value is -3.33. The van der Waals surface area contributed by atoms with Gasteiger partial charge in [0.2, 0.25) is 0 Å². The van der Waals surface area contributed by atoms with Gasteiger partial charge in [-0.1, -0.05) is 12.1 Å². The molecule has 3 aromatic rings. The third kappa shape index (κ3) is 4.41. The first kappa shape index (κ1) is 20.9. The summed E-state index contributed by atoms with van der Waals surface area (Å²) in [5.41, 5.74) is 8.32. The molecule has 1 aromatic carbocycles. The number of hydrogen-bond acceptors (Lipinski definition) is 8. The zero-order valence-corrected chi connectivity index (χ0v) is 18.2. The van der Waals surface area contributed by atoms with Gasteiger partial charge in [-0.05, 0) is 44.9 Å². The Bertz CT molecular complexity index is 1090. The first-order chi connectivity index (χ1) is 14.7. The number of rotatable bonds is 4. The zero-order valence-electron chi connectivity index (χ0n) is 18.2. The van der Waals surface area contributed by atoms with Crippen LogP contribution in [0.15, 0.2) is 36.8 Å². The van der Waals surface area contributed by atoms with Crippen LogP contribution in [0.5, 0.6) is 5.75 Å². The van der Waals surface area contributed by atoms with E-state index in [1.54, 1.807) is 32.9 Å². The lowest BCUT2D eigenvalue weighted by Crippen LogP contribution is -2.31. The molecule has 1 aliphatic rings. The van der Waals surface area contributed by atoms with Gasteiger partial charge < -0.3 is 24.6 Å². The summed E-state index contributed by atoms with van der Waals surface area (Å²) < 4.78 is 12.6. The van der Waals surface area contributed by atoms with Crippen LogP contribution < -0.4 is 10.5 Å².